The molecule has 0 spiro atoms. The van der Waals surface area contributed by atoms with Crippen LogP contribution in [0.2, 0.25) is 0 Å². The van der Waals surface area contributed by atoms with Crippen LogP contribution in [0.1, 0.15) is 27.3 Å². The monoisotopic (exact) mass is 334 g/mol. The predicted octanol–water partition coefficient (Wildman–Crippen LogP) is 2.90. The molecule has 1 aliphatic rings. The lowest BCUT2D eigenvalue weighted by atomic mass is 10.2. The van der Waals surface area contributed by atoms with E-state index in [1.54, 1.807) is 9.47 Å². The molecule has 0 atom stereocenters. The first-order valence-corrected chi connectivity index (χ1v) is 7.95. The van der Waals surface area contributed by atoms with E-state index in [2.05, 4.69) is 0 Å². The van der Waals surface area contributed by atoms with Crippen LogP contribution < -0.4 is 0 Å². The van der Waals surface area contributed by atoms with Gasteiger partial charge < -0.3 is 14.2 Å². The van der Waals surface area contributed by atoms with Gasteiger partial charge >= 0.3 is 0 Å². The Morgan fingerprint density at radius 1 is 1.17 bits per heavy atom. The molecule has 2 heterocycles. The second-order valence-electron chi connectivity index (χ2n) is 6.01. The van der Waals surface area contributed by atoms with Crippen molar-refractivity contribution in [2.24, 2.45) is 0 Å². The summed E-state index contributed by atoms with van der Waals surface area (Å²) in [7, 11) is 0. The highest BCUT2D eigenvalue weighted by Crippen LogP contribution is 2.22. The molecule has 0 unspecified atom stereocenters. The number of benzene rings is 1. The number of rotatable bonds is 3. The van der Waals surface area contributed by atoms with E-state index in [0.29, 0.717) is 32.0 Å². The van der Waals surface area contributed by atoms with Gasteiger partial charge in [-0.25, -0.2) is 8.78 Å². The van der Waals surface area contributed by atoms with E-state index in [-0.39, 0.29) is 18.0 Å². The van der Waals surface area contributed by atoms with Crippen molar-refractivity contribution < 1.29 is 18.3 Å². The number of carbonyl (C=O) groups is 1. The van der Waals surface area contributed by atoms with E-state index in [9.17, 15) is 13.6 Å². The standard InChI is InChI=1S/C18H20F2N2O2/c1-12-10-13(2)22(11-14-15(19)4-3-5-16(14)20)17(12)18(23)21-6-8-24-9-7-21/h3-5,10H,6-9,11H2,1-2H3. The van der Waals surface area contributed by atoms with Crippen molar-refractivity contribution in [3.8, 4) is 0 Å². The summed E-state index contributed by atoms with van der Waals surface area (Å²) in [6.45, 7) is 5.73. The van der Waals surface area contributed by atoms with Crippen molar-refractivity contribution in [1.29, 1.82) is 0 Å². The Morgan fingerprint density at radius 3 is 2.42 bits per heavy atom. The van der Waals surface area contributed by atoms with Gasteiger partial charge in [0.25, 0.3) is 5.91 Å². The number of hydrogen-bond acceptors (Lipinski definition) is 2. The van der Waals surface area contributed by atoms with Gasteiger partial charge in [-0.2, -0.15) is 0 Å². The van der Waals surface area contributed by atoms with Gasteiger partial charge in [0.1, 0.15) is 17.3 Å². The molecule has 1 amide bonds. The Labute approximate surface area is 139 Å². The van der Waals surface area contributed by atoms with Gasteiger partial charge in [0, 0.05) is 24.3 Å². The van der Waals surface area contributed by atoms with E-state index in [4.69, 9.17) is 4.74 Å². The highest BCUT2D eigenvalue weighted by Gasteiger charge is 2.25. The van der Waals surface area contributed by atoms with Crippen molar-refractivity contribution in [3.05, 3.63) is 58.4 Å². The van der Waals surface area contributed by atoms with E-state index in [0.717, 1.165) is 11.3 Å². The Kier molecular flexibility index (Phi) is 4.66. The van der Waals surface area contributed by atoms with Crippen molar-refractivity contribution >= 4 is 5.91 Å². The summed E-state index contributed by atoms with van der Waals surface area (Å²) in [6.07, 6.45) is 0. The second-order valence-corrected chi connectivity index (χ2v) is 6.01. The first-order valence-electron chi connectivity index (χ1n) is 7.95. The van der Waals surface area contributed by atoms with Crippen LogP contribution in [0.25, 0.3) is 0 Å². The van der Waals surface area contributed by atoms with E-state index >= 15 is 0 Å². The summed E-state index contributed by atoms with van der Waals surface area (Å²) in [5, 5.41) is 0. The van der Waals surface area contributed by atoms with E-state index in [1.165, 1.54) is 18.2 Å². The number of hydrogen-bond donors (Lipinski definition) is 0. The summed E-state index contributed by atoms with van der Waals surface area (Å²) in [4.78, 5) is 14.6. The summed E-state index contributed by atoms with van der Waals surface area (Å²) in [5.74, 6) is -1.34. The van der Waals surface area contributed by atoms with Crippen LogP contribution >= 0.6 is 0 Å². The quantitative estimate of drug-likeness (QED) is 0.865. The number of aryl methyl sites for hydroxylation is 2. The topological polar surface area (TPSA) is 34.5 Å². The molecule has 1 aromatic carbocycles. The zero-order valence-electron chi connectivity index (χ0n) is 13.8. The molecular formula is C18H20F2N2O2. The molecule has 4 nitrogen and oxygen atoms in total. The minimum absolute atomic E-state index is 0.0103. The zero-order valence-corrected chi connectivity index (χ0v) is 13.8. The Bertz CT molecular complexity index is 744. The molecule has 3 rings (SSSR count). The molecule has 0 saturated carbocycles. The average Bonchev–Trinajstić information content (AvgIpc) is 2.85. The lowest BCUT2D eigenvalue weighted by Gasteiger charge is -2.27. The lowest BCUT2D eigenvalue weighted by Crippen LogP contribution is -2.41. The molecule has 0 bridgehead atoms. The van der Waals surface area contributed by atoms with Gasteiger partial charge in [0.05, 0.1) is 19.8 Å². The van der Waals surface area contributed by atoms with Crippen LogP contribution in [-0.4, -0.2) is 41.7 Å². The number of nitrogens with zero attached hydrogens (tertiary/aromatic N) is 2. The third-order valence-corrected chi connectivity index (χ3v) is 4.37. The van der Waals surface area contributed by atoms with Gasteiger partial charge in [-0.3, -0.25) is 4.79 Å². The summed E-state index contributed by atoms with van der Waals surface area (Å²) in [5.41, 5.74) is 2.05. The molecular weight excluding hydrogens is 314 g/mol. The van der Waals surface area contributed by atoms with Crippen LogP contribution in [-0.2, 0) is 11.3 Å². The lowest BCUT2D eigenvalue weighted by molar-refractivity contribution is 0.0295. The molecule has 0 radical (unpaired) electrons. The largest absolute Gasteiger partial charge is 0.378 e. The minimum Gasteiger partial charge on any atom is -0.378 e. The smallest absolute Gasteiger partial charge is 0.270 e. The molecule has 6 heteroatoms. The van der Waals surface area contributed by atoms with Crippen LogP contribution in [0.3, 0.4) is 0 Å². The second kappa shape index (κ2) is 6.73. The fourth-order valence-corrected chi connectivity index (χ4v) is 3.09. The summed E-state index contributed by atoms with van der Waals surface area (Å²) < 4.78 is 35.0. The maximum absolute atomic E-state index is 14.0. The van der Waals surface area contributed by atoms with Gasteiger partial charge in [-0.05, 0) is 37.6 Å². The molecule has 1 aliphatic heterocycles. The molecule has 128 valence electrons. The number of aromatic nitrogens is 1. The van der Waals surface area contributed by atoms with Gasteiger partial charge in [-0.15, -0.1) is 0 Å². The number of halogens is 2. The molecule has 24 heavy (non-hydrogen) atoms. The normalized spacial score (nSPS) is 14.9. The predicted molar refractivity (Wildman–Crippen MR) is 86.1 cm³/mol. The van der Waals surface area contributed by atoms with Crippen LogP contribution in [0.15, 0.2) is 24.3 Å². The third-order valence-electron chi connectivity index (χ3n) is 4.37. The van der Waals surface area contributed by atoms with Crippen LogP contribution in [0, 0.1) is 25.5 Å². The van der Waals surface area contributed by atoms with E-state index in [1.807, 2.05) is 19.9 Å². The highest BCUT2D eigenvalue weighted by atomic mass is 19.1. The zero-order chi connectivity index (χ0) is 17.3. The number of carbonyl (C=O) groups excluding carboxylic acids is 1. The van der Waals surface area contributed by atoms with Gasteiger partial charge in [0.2, 0.25) is 0 Å². The van der Waals surface area contributed by atoms with Crippen LogP contribution in [0.4, 0.5) is 8.78 Å². The maximum Gasteiger partial charge on any atom is 0.270 e. The Balaban J connectivity index is 1.98. The number of morpholine rings is 1. The highest BCUT2D eigenvalue weighted by molar-refractivity contribution is 5.94. The first-order chi connectivity index (χ1) is 11.5. The Hall–Kier alpha value is -2.21. The fourth-order valence-electron chi connectivity index (χ4n) is 3.09. The SMILES string of the molecule is Cc1cc(C)n(Cc2c(F)cccc2F)c1C(=O)N1CCOCC1. The van der Waals surface area contributed by atoms with Crippen molar-refractivity contribution in [2.45, 2.75) is 20.4 Å². The average molecular weight is 334 g/mol. The van der Waals surface area contributed by atoms with Crippen molar-refractivity contribution in [1.82, 2.24) is 9.47 Å². The minimum atomic E-state index is -0.606. The molecule has 1 fully saturated rings. The first kappa shape index (κ1) is 16.6. The third kappa shape index (κ3) is 3.06. The fraction of sp³-hybridized carbons (Fsp3) is 0.389. The van der Waals surface area contributed by atoms with Gasteiger partial charge in [0.15, 0.2) is 0 Å². The van der Waals surface area contributed by atoms with Crippen LogP contribution in [0.5, 0.6) is 0 Å². The molecule has 2 aromatic rings. The summed E-state index contributed by atoms with van der Waals surface area (Å²) in [6, 6.07) is 5.66. The molecule has 0 N–H and O–H groups in total. The van der Waals surface area contributed by atoms with Gasteiger partial charge in [-0.1, -0.05) is 6.07 Å². The maximum atomic E-state index is 14.0. The van der Waals surface area contributed by atoms with E-state index < -0.39 is 11.6 Å². The van der Waals surface area contributed by atoms with Crippen molar-refractivity contribution in [3.63, 3.8) is 0 Å². The Morgan fingerprint density at radius 2 is 1.79 bits per heavy atom. The summed E-state index contributed by atoms with van der Waals surface area (Å²) >= 11 is 0. The van der Waals surface area contributed by atoms with Crippen molar-refractivity contribution in [2.75, 3.05) is 26.3 Å². The number of amides is 1. The molecule has 1 aromatic heterocycles. The molecule has 1 saturated heterocycles. The molecule has 0 aliphatic carbocycles. The number of ether oxygens (including phenoxy) is 1.